The third-order valence-electron chi connectivity index (χ3n) is 6.42. The zero-order chi connectivity index (χ0) is 25.1. The smallest absolute Gasteiger partial charge is 0.252 e. The van der Waals surface area contributed by atoms with Gasteiger partial charge in [-0.1, -0.05) is 30.8 Å². The number of hydrogen-bond donors (Lipinski definition) is 2. The standard InChI is InChI=1S/C26H33N7O2/c1-5-22(34)32-14-12-31(13-15-32)16-19-6-8-20(9-7-19)18(4)28-26-29-24(27)21-10-11-23(35)33(17(2)3)25(21)30-26/h5-11,17-18H,1,12-16H2,2-4H3,(H3,27,28,29,30)/t18-/m0/s1. The molecule has 35 heavy (non-hydrogen) atoms. The summed E-state index contributed by atoms with van der Waals surface area (Å²) in [5.74, 6) is 0.725. The molecule has 0 spiro atoms. The number of aromatic nitrogens is 3. The van der Waals surface area contributed by atoms with Gasteiger partial charge in [-0.15, -0.1) is 0 Å². The summed E-state index contributed by atoms with van der Waals surface area (Å²) in [4.78, 5) is 37.4. The Morgan fingerprint density at radius 2 is 1.77 bits per heavy atom. The molecule has 2 aromatic heterocycles. The quantitative estimate of drug-likeness (QED) is 0.506. The van der Waals surface area contributed by atoms with Crippen molar-refractivity contribution >= 4 is 28.7 Å². The summed E-state index contributed by atoms with van der Waals surface area (Å²) in [6.07, 6.45) is 1.38. The lowest BCUT2D eigenvalue weighted by Gasteiger charge is -2.34. The summed E-state index contributed by atoms with van der Waals surface area (Å²) < 4.78 is 1.63. The molecule has 0 radical (unpaired) electrons. The summed E-state index contributed by atoms with van der Waals surface area (Å²) in [5.41, 5.74) is 8.91. The summed E-state index contributed by atoms with van der Waals surface area (Å²) in [6.45, 7) is 13.5. The number of anilines is 2. The number of nitrogens with two attached hydrogens (primary N) is 1. The van der Waals surface area contributed by atoms with Crippen LogP contribution in [0, 0.1) is 0 Å². The van der Waals surface area contributed by atoms with Crippen molar-refractivity contribution in [2.24, 2.45) is 0 Å². The first kappa shape index (κ1) is 24.4. The average Bonchev–Trinajstić information content (AvgIpc) is 2.84. The molecule has 3 N–H and O–H groups in total. The fourth-order valence-corrected chi connectivity index (χ4v) is 4.42. The molecular formula is C26H33N7O2. The van der Waals surface area contributed by atoms with E-state index in [4.69, 9.17) is 5.73 Å². The lowest BCUT2D eigenvalue weighted by atomic mass is 10.1. The number of nitrogens with one attached hydrogen (secondary N) is 1. The Morgan fingerprint density at radius 1 is 1.09 bits per heavy atom. The number of carbonyl (C=O) groups is 1. The van der Waals surface area contributed by atoms with E-state index >= 15 is 0 Å². The van der Waals surface area contributed by atoms with Crippen molar-refractivity contribution in [1.29, 1.82) is 0 Å². The van der Waals surface area contributed by atoms with Crippen LogP contribution in [0.1, 0.15) is 44.0 Å². The predicted molar refractivity (Wildman–Crippen MR) is 139 cm³/mol. The SMILES string of the molecule is C=CC(=O)N1CCN(Cc2ccc([C@H](C)Nc3nc(N)c4ccc(=O)n(C(C)C)c4n3)cc2)CC1. The van der Waals surface area contributed by atoms with E-state index < -0.39 is 0 Å². The van der Waals surface area contributed by atoms with Gasteiger partial charge in [-0.25, -0.2) is 0 Å². The molecule has 9 heteroatoms. The summed E-state index contributed by atoms with van der Waals surface area (Å²) in [5, 5.41) is 3.99. The van der Waals surface area contributed by atoms with Gasteiger partial charge in [0.15, 0.2) is 5.65 Å². The van der Waals surface area contributed by atoms with Gasteiger partial charge in [-0.3, -0.25) is 19.1 Å². The Kier molecular flexibility index (Phi) is 7.16. The highest BCUT2D eigenvalue weighted by Crippen LogP contribution is 2.23. The first-order chi connectivity index (χ1) is 16.8. The zero-order valence-corrected chi connectivity index (χ0v) is 20.6. The molecule has 184 valence electrons. The molecule has 1 aromatic carbocycles. The normalized spacial score (nSPS) is 15.4. The van der Waals surface area contributed by atoms with Crippen molar-refractivity contribution in [1.82, 2.24) is 24.3 Å². The van der Waals surface area contributed by atoms with E-state index in [2.05, 4.69) is 51.0 Å². The average molecular weight is 476 g/mol. The minimum Gasteiger partial charge on any atom is -0.383 e. The molecule has 3 heterocycles. The van der Waals surface area contributed by atoms with Crippen molar-refractivity contribution in [3.8, 4) is 0 Å². The van der Waals surface area contributed by atoms with E-state index in [1.165, 1.54) is 17.7 Å². The number of pyridine rings is 1. The number of amides is 1. The first-order valence-corrected chi connectivity index (χ1v) is 11.9. The topological polar surface area (TPSA) is 109 Å². The molecule has 1 atom stereocenters. The molecule has 3 aromatic rings. The van der Waals surface area contributed by atoms with E-state index in [-0.39, 0.29) is 23.6 Å². The van der Waals surface area contributed by atoms with E-state index in [0.717, 1.165) is 38.3 Å². The van der Waals surface area contributed by atoms with E-state index in [9.17, 15) is 9.59 Å². The fraction of sp³-hybridized carbons (Fsp3) is 0.385. The second-order valence-electron chi connectivity index (χ2n) is 9.22. The monoisotopic (exact) mass is 475 g/mol. The fourth-order valence-electron chi connectivity index (χ4n) is 4.42. The minimum atomic E-state index is -0.117. The van der Waals surface area contributed by atoms with Crippen molar-refractivity contribution in [3.63, 3.8) is 0 Å². The van der Waals surface area contributed by atoms with Crippen LogP contribution in [0.15, 0.2) is 53.8 Å². The molecule has 0 bridgehead atoms. The lowest BCUT2D eigenvalue weighted by molar-refractivity contribution is -0.127. The summed E-state index contributed by atoms with van der Waals surface area (Å²) in [6, 6.07) is 11.5. The third kappa shape index (κ3) is 5.35. The number of carbonyl (C=O) groups excluding carboxylic acids is 1. The van der Waals surface area contributed by atoms with Crippen LogP contribution in [-0.2, 0) is 11.3 Å². The molecule has 0 saturated carbocycles. The molecule has 1 aliphatic heterocycles. The van der Waals surface area contributed by atoms with Crippen LogP contribution >= 0.6 is 0 Å². The van der Waals surface area contributed by atoms with Gasteiger partial charge in [0.2, 0.25) is 11.9 Å². The van der Waals surface area contributed by atoms with Crippen molar-refractivity contribution in [2.45, 2.75) is 39.4 Å². The number of fused-ring (bicyclic) bond motifs is 1. The van der Waals surface area contributed by atoms with Crippen LogP contribution in [0.2, 0.25) is 0 Å². The van der Waals surface area contributed by atoms with Crippen LogP contribution in [0.5, 0.6) is 0 Å². The van der Waals surface area contributed by atoms with Crippen molar-refractivity contribution in [3.05, 3.63) is 70.5 Å². The van der Waals surface area contributed by atoms with Gasteiger partial charge < -0.3 is 16.0 Å². The van der Waals surface area contributed by atoms with Crippen LogP contribution in [0.25, 0.3) is 11.0 Å². The highest BCUT2D eigenvalue weighted by atomic mass is 16.2. The Bertz CT molecular complexity index is 1280. The number of piperazine rings is 1. The zero-order valence-electron chi connectivity index (χ0n) is 20.6. The third-order valence-corrected chi connectivity index (χ3v) is 6.42. The highest BCUT2D eigenvalue weighted by molar-refractivity contribution is 5.87. The number of nitrogens with zero attached hydrogens (tertiary/aromatic N) is 5. The highest BCUT2D eigenvalue weighted by Gasteiger charge is 2.19. The van der Waals surface area contributed by atoms with Gasteiger partial charge in [0, 0.05) is 44.8 Å². The second-order valence-corrected chi connectivity index (χ2v) is 9.22. The molecule has 0 aliphatic carbocycles. The van der Waals surface area contributed by atoms with Gasteiger partial charge in [-0.05, 0) is 44.0 Å². The maximum absolute atomic E-state index is 12.4. The maximum Gasteiger partial charge on any atom is 0.252 e. The maximum atomic E-state index is 12.4. The van der Waals surface area contributed by atoms with Gasteiger partial charge >= 0.3 is 0 Å². The number of nitrogen functional groups attached to an aromatic ring is 1. The predicted octanol–water partition coefficient (Wildman–Crippen LogP) is 2.96. The van der Waals surface area contributed by atoms with Crippen LogP contribution in [-0.4, -0.2) is 56.4 Å². The summed E-state index contributed by atoms with van der Waals surface area (Å²) >= 11 is 0. The number of benzene rings is 1. The first-order valence-electron chi connectivity index (χ1n) is 11.9. The van der Waals surface area contributed by atoms with Gasteiger partial charge in [-0.2, -0.15) is 9.97 Å². The Labute approximate surface area is 205 Å². The molecule has 1 aliphatic rings. The van der Waals surface area contributed by atoms with E-state index in [1.54, 1.807) is 10.6 Å². The van der Waals surface area contributed by atoms with E-state index in [1.807, 2.05) is 25.7 Å². The largest absolute Gasteiger partial charge is 0.383 e. The van der Waals surface area contributed by atoms with Crippen LogP contribution in [0.3, 0.4) is 0 Å². The number of hydrogen-bond acceptors (Lipinski definition) is 7. The van der Waals surface area contributed by atoms with Crippen LogP contribution in [0.4, 0.5) is 11.8 Å². The molecule has 1 saturated heterocycles. The van der Waals surface area contributed by atoms with Gasteiger partial charge in [0.05, 0.1) is 11.4 Å². The molecule has 1 amide bonds. The van der Waals surface area contributed by atoms with Crippen molar-refractivity contribution < 1.29 is 4.79 Å². The Hall–Kier alpha value is -3.72. The molecule has 4 rings (SSSR count). The lowest BCUT2D eigenvalue weighted by Crippen LogP contribution is -2.47. The van der Waals surface area contributed by atoms with E-state index in [0.29, 0.717) is 22.8 Å². The Morgan fingerprint density at radius 3 is 2.40 bits per heavy atom. The molecule has 0 unspecified atom stereocenters. The second kappa shape index (κ2) is 10.3. The van der Waals surface area contributed by atoms with Crippen LogP contribution < -0.4 is 16.6 Å². The summed E-state index contributed by atoms with van der Waals surface area (Å²) in [7, 11) is 0. The molecular weight excluding hydrogens is 442 g/mol. The molecule has 9 nitrogen and oxygen atoms in total. The van der Waals surface area contributed by atoms with Gasteiger partial charge in [0.1, 0.15) is 5.82 Å². The number of rotatable bonds is 7. The van der Waals surface area contributed by atoms with Crippen molar-refractivity contribution in [2.75, 3.05) is 37.2 Å². The van der Waals surface area contributed by atoms with Gasteiger partial charge in [0.25, 0.3) is 5.56 Å². The molecule has 1 fully saturated rings. The Balaban J connectivity index is 1.44. The minimum absolute atomic E-state index is 0.000122.